The second-order valence-electron chi connectivity index (χ2n) is 3.74. The summed E-state index contributed by atoms with van der Waals surface area (Å²) in [5, 5.41) is 3.99. The first-order chi connectivity index (χ1) is 8.54. The molecule has 0 aliphatic heterocycles. The first-order valence-corrected chi connectivity index (χ1v) is 7.19. The Hall–Kier alpha value is -0.910. The molecule has 0 aliphatic rings. The Labute approximate surface area is 122 Å². The molecule has 1 heterocycles. The van der Waals surface area contributed by atoms with Gasteiger partial charge < -0.3 is 5.32 Å². The predicted molar refractivity (Wildman–Crippen MR) is 78.4 cm³/mol. The molecule has 0 spiro atoms. The highest BCUT2D eigenvalue weighted by Crippen LogP contribution is 2.26. The van der Waals surface area contributed by atoms with Crippen LogP contribution in [0.4, 0.5) is 5.13 Å². The summed E-state index contributed by atoms with van der Waals surface area (Å²) < 4.78 is 0.885. The third-order valence-electron chi connectivity index (χ3n) is 2.20. The summed E-state index contributed by atoms with van der Waals surface area (Å²) in [6.45, 7) is 1.47. The van der Waals surface area contributed by atoms with Crippen molar-refractivity contribution in [3.05, 3.63) is 44.3 Å². The summed E-state index contributed by atoms with van der Waals surface area (Å²) >= 11 is 10.9. The monoisotopic (exact) mass is 344 g/mol. The van der Waals surface area contributed by atoms with Gasteiger partial charge in [-0.1, -0.05) is 17.7 Å². The summed E-state index contributed by atoms with van der Waals surface area (Å²) in [5.41, 5.74) is 1.11. The van der Waals surface area contributed by atoms with Crippen LogP contribution in [-0.2, 0) is 11.2 Å². The van der Waals surface area contributed by atoms with Crippen molar-refractivity contribution in [2.45, 2.75) is 13.3 Å². The number of thiazole rings is 1. The van der Waals surface area contributed by atoms with E-state index in [1.165, 1.54) is 18.3 Å². The van der Waals surface area contributed by atoms with E-state index in [0.29, 0.717) is 10.2 Å². The van der Waals surface area contributed by atoms with E-state index in [1.807, 2.05) is 18.2 Å². The van der Waals surface area contributed by atoms with Gasteiger partial charge in [-0.2, -0.15) is 0 Å². The van der Waals surface area contributed by atoms with Crippen molar-refractivity contribution in [3.63, 3.8) is 0 Å². The Morgan fingerprint density at radius 3 is 3.00 bits per heavy atom. The van der Waals surface area contributed by atoms with E-state index in [4.69, 9.17) is 11.6 Å². The third-order valence-corrected chi connectivity index (χ3v) is 4.34. The molecule has 0 saturated heterocycles. The SMILES string of the molecule is CC(=O)Nc1ncc(Cc2ccc(Br)c(Cl)c2)s1. The van der Waals surface area contributed by atoms with Crippen LogP contribution in [0.2, 0.25) is 5.02 Å². The largest absolute Gasteiger partial charge is 0.302 e. The average Bonchev–Trinajstić information content (AvgIpc) is 2.70. The van der Waals surface area contributed by atoms with Gasteiger partial charge in [0.05, 0.1) is 5.02 Å². The lowest BCUT2D eigenvalue weighted by Crippen LogP contribution is -2.04. The second kappa shape index (κ2) is 5.82. The minimum Gasteiger partial charge on any atom is -0.302 e. The van der Waals surface area contributed by atoms with Crippen LogP contribution in [0.3, 0.4) is 0 Å². The Bertz CT molecular complexity index is 585. The maximum absolute atomic E-state index is 10.9. The summed E-state index contributed by atoms with van der Waals surface area (Å²) in [6.07, 6.45) is 2.52. The number of carbonyl (C=O) groups excluding carboxylic acids is 1. The lowest BCUT2D eigenvalue weighted by molar-refractivity contribution is -0.114. The van der Waals surface area contributed by atoms with Crippen LogP contribution < -0.4 is 5.32 Å². The van der Waals surface area contributed by atoms with E-state index in [0.717, 1.165) is 21.3 Å². The molecular weight excluding hydrogens is 336 g/mol. The Morgan fingerprint density at radius 2 is 2.33 bits per heavy atom. The number of aromatic nitrogens is 1. The molecule has 0 bridgehead atoms. The quantitative estimate of drug-likeness (QED) is 0.909. The molecule has 0 unspecified atom stereocenters. The van der Waals surface area contributed by atoms with Crippen molar-refractivity contribution in [2.24, 2.45) is 0 Å². The molecule has 1 aromatic heterocycles. The molecule has 0 fully saturated rings. The van der Waals surface area contributed by atoms with Crippen molar-refractivity contribution < 1.29 is 4.79 Å². The molecule has 1 amide bonds. The van der Waals surface area contributed by atoms with E-state index < -0.39 is 0 Å². The minimum absolute atomic E-state index is 0.109. The average molecular weight is 346 g/mol. The first-order valence-electron chi connectivity index (χ1n) is 5.21. The highest BCUT2D eigenvalue weighted by atomic mass is 79.9. The van der Waals surface area contributed by atoms with Crippen molar-refractivity contribution in [3.8, 4) is 0 Å². The minimum atomic E-state index is -0.109. The van der Waals surface area contributed by atoms with Crippen molar-refractivity contribution >= 4 is 49.9 Å². The van der Waals surface area contributed by atoms with Crippen LogP contribution in [0, 0.1) is 0 Å². The molecule has 2 rings (SSSR count). The molecule has 0 saturated carbocycles. The summed E-state index contributed by atoms with van der Waals surface area (Å²) in [6, 6.07) is 5.85. The van der Waals surface area contributed by atoms with Gasteiger partial charge in [-0.3, -0.25) is 4.79 Å². The number of rotatable bonds is 3. The second-order valence-corrected chi connectivity index (χ2v) is 6.11. The smallest absolute Gasteiger partial charge is 0.223 e. The Balaban J connectivity index is 2.11. The van der Waals surface area contributed by atoms with Gasteiger partial charge in [0.1, 0.15) is 0 Å². The van der Waals surface area contributed by atoms with Gasteiger partial charge >= 0.3 is 0 Å². The fourth-order valence-corrected chi connectivity index (χ4v) is 2.79. The maximum Gasteiger partial charge on any atom is 0.223 e. The number of hydrogen-bond donors (Lipinski definition) is 1. The predicted octanol–water partition coefficient (Wildman–Crippen LogP) is 4.11. The molecule has 1 aromatic carbocycles. The zero-order valence-electron chi connectivity index (χ0n) is 9.54. The maximum atomic E-state index is 10.9. The van der Waals surface area contributed by atoms with E-state index in [2.05, 4.69) is 26.2 Å². The molecular formula is C12H10BrClN2OS. The molecule has 0 atom stereocenters. The first kappa shape index (κ1) is 13.5. The molecule has 94 valence electrons. The van der Waals surface area contributed by atoms with Gasteiger partial charge in [-0.15, -0.1) is 11.3 Å². The van der Waals surface area contributed by atoms with Crippen LogP contribution in [0.1, 0.15) is 17.4 Å². The van der Waals surface area contributed by atoms with Crippen molar-refractivity contribution in [2.75, 3.05) is 5.32 Å². The van der Waals surface area contributed by atoms with E-state index in [-0.39, 0.29) is 5.91 Å². The summed E-state index contributed by atoms with van der Waals surface area (Å²) in [5.74, 6) is -0.109. The number of nitrogens with one attached hydrogen (secondary N) is 1. The number of benzene rings is 1. The van der Waals surface area contributed by atoms with Crippen molar-refractivity contribution in [1.82, 2.24) is 4.98 Å². The van der Waals surface area contributed by atoms with Crippen LogP contribution in [0.15, 0.2) is 28.9 Å². The highest BCUT2D eigenvalue weighted by Gasteiger charge is 2.05. The third kappa shape index (κ3) is 3.54. The molecule has 18 heavy (non-hydrogen) atoms. The fourth-order valence-electron chi connectivity index (χ4n) is 1.45. The Morgan fingerprint density at radius 1 is 1.56 bits per heavy atom. The van der Waals surface area contributed by atoms with E-state index in [1.54, 1.807) is 6.20 Å². The van der Waals surface area contributed by atoms with Crippen LogP contribution in [0.5, 0.6) is 0 Å². The lowest BCUT2D eigenvalue weighted by atomic mass is 10.1. The van der Waals surface area contributed by atoms with Crippen LogP contribution in [-0.4, -0.2) is 10.9 Å². The number of nitrogens with zero attached hydrogens (tertiary/aromatic N) is 1. The number of halogens is 2. The number of anilines is 1. The highest BCUT2D eigenvalue weighted by molar-refractivity contribution is 9.10. The van der Waals surface area contributed by atoms with E-state index >= 15 is 0 Å². The standard InChI is InChI=1S/C12H10BrClN2OS/c1-7(17)16-12-15-6-9(18-12)4-8-2-3-10(13)11(14)5-8/h2-3,5-6H,4H2,1H3,(H,15,16,17). The lowest BCUT2D eigenvalue weighted by Gasteiger charge is -2.01. The molecule has 2 aromatic rings. The normalized spacial score (nSPS) is 10.4. The van der Waals surface area contributed by atoms with Gasteiger partial charge in [0.25, 0.3) is 0 Å². The molecule has 0 radical (unpaired) electrons. The molecule has 3 nitrogen and oxygen atoms in total. The van der Waals surface area contributed by atoms with Gasteiger partial charge in [0.2, 0.25) is 5.91 Å². The fraction of sp³-hybridized carbons (Fsp3) is 0.167. The number of amides is 1. The Kier molecular flexibility index (Phi) is 4.37. The van der Waals surface area contributed by atoms with Crippen LogP contribution >= 0.6 is 38.9 Å². The molecule has 0 aliphatic carbocycles. The number of carbonyl (C=O) groups is 1. The van der Waals surface area contributed by atoms with Gasteiger partial charge in [0, 0.05) is 28.9 Å². The van der Waals surface area contributed by atoms with E-state index in [9.17, 15) is 4.79 Å². The van der Waals surface area contributed by atoms with Gasteiger partial charge in [-0.25, -0.2) is 4.98 Å². The van der Waals surface area contributed by atoms with Gasteiger partial charge in [0.15, 0.2) is 5.13 Å². The summed E-state index contributed by atoms with van der Waals surface area (Å²) in [7, 11) is 0. The zero-order chi connectivity index (χ0) is 13.1. The van der Waals surface area contributed by atoms with Crippen molar-refractivity contribution in [1.29, 1.82) is 0 Å². The van der Waals surface area contributed by atoms with Crippen LogP contribution in [0.25, 0.3) is 0 Å². The van der Waals surface area contributed by atoms with Gasteiger partial charge in [-0.05, 0) is 33.6 Å². The topological polar surface area (TPSA) is 42.0 Å². The zero-order valence-corrected chi connectivity index (χ0v) is 12.7. The molecule has 1 N–H and O–H groups in total. The summed E-state index contributed by atoms with van der Waals surface area (Å²) in [4.78, 5) is 16.1. The molecule has 6 heteroatoms. The number of hydrogen-bond acceptors (Lipinski definition) is 3.